The lowest BCUT2D eigenvalue weighted by molar-refractivity contribution is -0.139. The number of carbonyl (C=O) groups excluding carboxylic acids is 1. The van der Waals surface area contributed by atoms with Gasteiger partial charge in [-0.2, -0.15) is 0 Å². The number of unbranched alkanes of at least 4 members (excludes halogenated alkanes) is 1. The Hall–Kier alpha value is -0.540. The zero-order valence-corrected chi connectivity index (χ0v) is 9.31. The second kappa shape index (κ2) is 9.03. The minimum atomic E-state index is -0.327. The highest BCUT2D eigenvalue weighted by atomic mass is 35.5. The van der Waals surface area contributed by atoms with Gasteiger partial charge >= 0.3 is 5.97 Å². The number of carbonyl (C=O) groups is 1. The molecule has 82 valence electrons. The van der Waals surface area contributed by atoms with Gasteiger partial charge in [0, 0.05) is 18.1 Å². The third kappa shape index (κ3) is 8.08. The third-order valence-electron chi connectivity index (χ3n) is 1.49. The van der Waals surface area contributed by atoms with Crippen LogP contribution in [0.5, 0.6) is 0 Å². The van der Waals surface area contributed by atoms with Gasteiger partial charge in [-0.3, -0.25) is 0 Å². The third-order valence-corrected chi connectivity index (χ3v) is 1.64. The molecule has 0 saturated carbocycles. The molecule has 0 N–H and O–H groups in total. The van der Waals surface area contributed by atoms with Crippen LogP contribution in [0.1, 0.15) is 19.8 Å². The quantitative estimate of drug-likeness (QED) is 0.272. The molecule has 0 spiro atoms. The molecule has 0 rings (SSSR count). The predicted molar refractivity (Wildman–Crippen MR) is 56.5 cm³/mol. The highest BCUT2D eigenvalue weighted by Crippen LogP contribution is 1.96. The lowest BCUT2D eigenvalue weighted by Crippen LogP contribution is -2.07. The second-order valence-electron chi connectivity index (χ2n) is 2.92. The monoisotopic (exact) mass is 220 g/mol. The first kappa shape index (κ1) is 13.5. The van der Waals surface area contributed by atoms with Crippen molar-refractivity contribution in [1.82, 2.24) is 0 Å². The van der Waals surface area contributed by atoms with Crippen molar-refractivity contribution in [3.63, 3.8) is 0 Å². The first-order chi connectivity index (χ1) is 6.68. The first-order valence-electron chi connectivity index (χ1n) is 4.65. The van der Waals surface area contributed by atoms with Crippen LogP contribution in [0.2, 0.25) is 0 Å². The smallest absolute Gasteiger partial charge is 0.333 e. The maximum atomic E-state index is 10.9. The number of ether oxygens (including phenoxy) is 2. The van der Waals surface area contributed by atoms with Crippen molar-refractivity contribution in [3.05, 3.63) is 12.2 Å². The fourth-order valence-corrected chi connectivity index (χ4v) is 0.860. The van der Waals surface area contributed by atoms with Gasteiger partial charge in [-0.15, -0.1) is 11.6 Å². The second-order valence-corrected chi connectivity index (χ2v) is 3.30. The predicted octanol–water partition coefficient (Wildman–Crippen LogP) is 2.14. The highest BCUT2D eigenvalue weighted by Gasteiger charge is 2.01. The Morgan fingerprint density at radius 2 is 1.93 bits per heavy atom. The van der Waals surface area contributed by atoms with Crippen LogP contribution in [-0.2, 0) is 14.3 Å². The molecule has 0 amide bonds. The number of alkyl halides is 1. The van der Waals surface area contributed by atoms with Gasteiger partial charge in [-0.25, -0.2) is 4.79 Å². The topological polar surface area (TPSA) is 35.5 Å². The largest absolute Gasteiger partial charge is 0.462 e. The number of rotatable bonds is 8. The van der Waals surface area contributed by atoms with Crippen molar-refractivity contribution in [2.45, 2.75) is 19.8 Å². The molecule has 0 aliphatic rings. The Kier molecular flexibility index (Phi) is 8.68. The van der Waals surface area contributed by atoms with E-state index >= 15 is 0 Å². The number of hydrogen-bond acceptors (Lipinski definition) is 3. The van der Waals surface area contributed by atoms with E-state index in [-0.39, 0.29) is 5.97 Å². The Morgan fingerprint density at radius 1 is 1.29 bits per heavy atom. The molecule has 4 heteroatoms. The molecule has 0 saturated heterocycles. The molecular weight excluding hydrogens is 204 g/mol. The van der Waals surface area contributed by atoms with E-state index in [2.05, 4.69) is 6.58 Å². The summed E-state index contributed by atoms with van der Waals surface area (Å²) < 4.78 is 10.0. The molecule has 0 bridgehead atoms. The van der Waals surface area contributed by atoms with Crippen molar-refractivity contribution < 1.29 is 14.3 Å². The van der Waals surface area contributed by atoms with E-state index < -0.39 is 0 Å². The van der Waals surface area contributed by atoms with Crippen molar-refractivity contribution in [2.75, 3.05) is 25.7 Å². The average molecular weight is 221 g/mol. The van der Waals surface area contributed by atoms with Crippen LogP contribution >= 0.6 is 11.6 Å². The van der Waals surface area contributed by atoms with Gasteiger partial charge in [0.05, 0.1) is 13.2 Å². The zero-order valence-electron chi connectivity index (χ0n) is 8.55. The minimum absolute atomic E-state index is 0.327. The fourth-order valence-electron chi connectivity index (χ4n) is 0.751. The molecule has 0 heterocycles. The first-order valence-corrected chi connectivity index (χ1v) is 5.18. The summed E-state index contributed by atoms with van der Waals surface area (Å²) in [5.74, 6) is 0.191. The summed E-state index contributed by atoms with van der Waals surface area (Å²) in [6, 6.07) is 0. The molecule has 0 unspecified atom stereocenters. The van der Waals surface area contributed by atoms with E-state index in [0.717, 1.165) is 12.8 Å². The van der Waals surface area contributed by atoms with Crippen LogP contribution in [0.4, 0.5) is 0 Å². The van der Waals surface area contributed by atoms with Crippen LogP contribution < -0.4 is 0 Å². The molecule has 0 aliphatic carbocycles. The van der Waals surface area contributed by atoms with E-state index in [9.17, 15) is 4.79 Å². The molecule has 0 aromatic heterocycles. The van der Waals surface area contributed by atoms with Crippen LogP contribution in [0.15, 0.2) is 12.2 Å². The summed E-state index contributed by atoms with van der Waals surface area (Å²) in [7, 11) is 0. The standard InChI is InChI=1S/C10H17ClO3/c1-9(2)10(12)14-7-4-3-6-13-8-5-11/h1,3-8H2,2H3. The van der Waals surface area contributed by atoms with Crippen LogP contribution in [0, 0.1) is 0 Å². The zero-order chi connectivity index (χ0) is 10.8. The summed E-state index contributed by atoms with van der Waals surface area (Å²) >= 11 is 5.41. The fraction of sp³-hybridized carbons (Fsp3) is 0.700. The Labute approximate surface area is 90.0 Å². The van der Waals surface area contributed by atoms with Gasteiger partial charge < -0.3 is 9.47 Å². The van der Waals surface area contributed by atoms with E-state index in [1.54, 1.807) is 6.92 Å². The van der Waals surface area contributed by atoms with Gasteiger partial charge in [0.15, 0.2) is 0 Å². The van der Waals surface area contributed by atoms with E-state index in [0.29, 0.717) is 31.3 Å². The lowest BCUT2D eigenvalue weighted by Gasteiger charge is -2.04. The Balaban J connectivity index is 3.13. The van der Waals surface area contributed by atoms with Gasteiger partial charge in [0.25, 0.3) is 0 Å². The van der Waals surface area contributed by atoms with E-state index in [4.69, 9.17) is 21.1 Å². The van der Waals surface area contributed by atoms with Gasteiger partial charge in [0.2, 0.25) is 0 Å². The summed E-state index contributed by atoms with van der Waals surface area (Å²) in [4.78, 5) is 10.9. The van der Waals surface area contributed by atoms with Gasteiger partial charge in [-0.1, -0.05) is 6.58 Å². The number of halogens is 1. The van der Waals surface area contributed by atoms with Crippen LogP contribution in [-0.4, -0.2) is 31.7 Å². The molecule has 14 heavy (non-hydrogen) atoms. The van der Waals surface area contributed by atoms with Crippen LogP contribution in [0.25, 0.3) is 0 Å². The Morgan fingerprint density at radius 3 is 2.50 bits per heavy atom. The van der Waals surface area contributed by atoms with Crippen molar-refractivity contribution >= 4 is 17.6 Å². The molecule has 3 nitrogen and oxygen atoms in total. The van der Waals surface area contributed by atoms with Crippen molar-refractivity contribution in [2.24, 2.45) is 0 Å². The maximum absolute atomic E-state index is 10.9. The normalized spacial score (nSPS) is 9.86. The maximum Gasteiger partial charge on any atom is 0.333 e. The molecule has 0 radical (unpaired) electrons. The molecule has 0 aromatic carbocycles. The molecule has 0 fully saturated rings. The molecular formula is C10H17ClO3. The van der Waals surface area contributed by atoms with Gasteiger partial charge in [0.1, 0.15) is 0 Å². The minimum Gasteiger partial charge on any atom is -0.462 e. The molecule has 0 atom stereocenters. The van der Waals surface area contributed by atoms with Crippen molar-refractivity contribution in [3.8, 4) is 0 Å². The summed E-state index contributed by atoms with van der Waals surface area (Å²) in [6.45, 7) is 6.78. The molecule has 0 aromatic rings. The number of esters is 1. The average Bonchev–Trinajstić information content (AvgIpc) is 2.16. The van der Waals surface area contributed by atoms with Gasteiger partial charge in [-0.05, 0) is 19.8 Å². The van der Waals surface area contributed by atoms with Crippen LogP contribution in [0.3, 0.4) is 0 Å². The number of hydrogen-bond donors (Lipinski definition) is 0. The lowest BCUT2D eigenvalue weighted by atomic mass is 10.3. The highest BCUT2D eigenvalue weighted by molar-refractivity contribution is 6.17. The summed E-state index contributed by atoms with van der Waals surface area (Å²) in [5.41, 5.74) is 0.434. The van der Waals surface area contributed by atoms with E-state index in [1.165, 1.54) is 0 Å². The summed E-state index contributed by atoms with van der Waals surface area (Å²) in [6.07, 6.45) is 1.68. The van der Waals surface area contributed by atoms with Crippen molar-refractivity contribution in [1.29, 1.82) is 0 Å². The summed E-state index contributed by atoms with van der Waals surface area (Å²) in [5, 5.41) is 0. The molecule has 0 aliphatic heterocycles. The SMILES string of the molecule is C=C(C)C(=O)OCCCCOCCCl. The Bertz CT molecular complexity index is 180. The van der Waals surface area contributed by atoms with E-state index in [1.807, 2.05) is 0 Å².